The predicted octanol–water partition coefficient (Wildman–Crippen LogP) is 2.96. The summed E-state index contributed by atoms with van der Waals surface area (Å²) in [7, 11) is 0. The molecule has 0 bridgehead atoms. The van der Waals surface area contributed by atoms with E-state index in [1.807, 2.05) is 23.1 Å². The molecule has 1 saturated heterocycles. The van der Waals surface area contributed by atoms with Gasteiger partial charge in [-0.1, -0.05) is 17.7 Å². The van der Waals surface area contributed by atoms with Gasteiger partial charge in [0.05, 0.1) is 24.0 Å². The third-order valence-electron chi connectivity index (χ3n) is 4.26. The SMILES string of the molecule is Cc1ccc(-n2nc(N3CCCOCC3)c3ccncc32)cc1. The second-order valence-electron chi connectivity index (χ2n) is 5.92. The van der Waals surface area contributed by atoms with Gasteiger partial charge >= 0.3 is 0 Å². The second-order valence-corrected chi connectivity index (χ2v) is 5.92. The van der Waals surface area contributed by atoms with Gasteiger partial charge in [0.1, 0.15) is 0 Å². The Kier molecular flexibility index (Phi) is 3.71. The third-order valence-corrected chi connectivity index (χ3v) is 4.26. The standard InChI is InChI=1S/C18H20N4O/c1-14-3-5-15(6-4-14)22-17-13-19-8-7-16(17)18(20-22)21-9-2-11-23-12-10-21/h3-8,13H,2,9-12H2,1H3. The summed E-state index contributed by atoms with van der Waals surface area (Å²) in [5, 5.41) is 6.04. The molecule has 2 aromatic heterocycles. The molecular formula is C18H20N4O. The van der Waals surface area contributed by atoms with E-state index in [0.717, 1.165) is 55.1 Å². The summed E-state index contributed by atoms with van der Waals surface area (Å²) in [4.78, 5) is 6.61. The molecule has 0 unspecified atom stereocenters. The molecule has 0 spiro atoms. The molecule has 1 aliphatic rings. The van der Waals surface area contributed by atoms with Crippen molar-refractivity contribution in [3.8, 4) is 5.69 Å². The summed E-state index contributed by atoms with van der Waals surface area (Å²) in [6.45, 7) is 5.53. The van der Waals surface area contributed by atoms with Crippen molar-refractivity contribution in [3.63, 3.8) is 0 Å². The number of rotatable bonds is 2. The Balaban J connectivity index is 1.84. The van der Waals surface area contributed by atoms with Crippen molar-refractivity contribution in [2.24, 2.45) is 0 Å². The zero-order valence-electron chi connectivity index (χ0n) is 13.3. The zero-order chi connectivity index (χ0) is 15.6. The van der Waals surface area contributed by atoms with Gasteiger partial charge in [0.2, 0.25) is 0 Å². The topological polar surface area (TPSA) is 43.2 Å². The van der Waals surface area contributed by atoms with Crippen LogP contribution in [0.4, 0.5) is 5.82 Å². The van der Waals surface area contributed by atoms with Crippen LogP contribution in [0.1, 0.15) is 12.0 Å². The molecule has 5 nitrogen and oxygen atoms in total. The quantitative estimate of drug-likeness (QED) is 0.730. The lowest BCUT2D eigenvalue weighted by Gasteiger charge is -2.19. The average molecular weight is 308 g/mol. The van der Waals surface area contributed by atoms with Crippen molar-refractivity contribution in [3.05, 3.63) is 48.3 Å². The molecule has 5 heteroatoms. The molecule has 3 aromatic rings. The van der Waals surface area contributed by atoms with Gasteiger partial charge in [0.25, 0.3) is 0 Å². The van der Waals surface area contributed by atoms with E-state index in [0.29, 0.717) is 0 Å². The minimum absolute atomic E-state index is 0.754. The Labute approximate surface area is 135 Å². The molecule has 0 aliphatic carbocycles. The number of hydrogen-bond acceptors (Lipinski definition) is 4. The third kappa shape index (κ3) is 2.68. The molecular weight excluding hydrogens is 288 g/mol. The lowest BCUT2D eigenvalue weighted by molar-refractivity contribution is 0.152. The molecule has 23 heavy (non-hydrogen) atoms. The first-order valence-electron chi connectivity index (χ1n) is 8.05. The van der Waals surface area contributed by atoms with Crippen LogP contribution < -0.4 is 4.90 Å². The fraction of sp³-hybridized carbons (Fsp3) is 0.333. The van der Waals surface area contributed by atoms with Crippen LogP contribution in [0.2, 0.25) is 0 Å². The van der Waals surface area contributed by atoms with Crippen LogP contribution in [0.3, 0.4) is 0 Å². The average Bonchev–Trinajstić information content (AvgIpc) is 2.77. The summed E-state index contributed by atoms with van der Waals surface area (Å²) >= 11 is 0. The van der Waals surface area contributed by atoms with Gasteiger partial charge in [-0.25, -0.2) is 4.68 Å². The van der Waals surface area contributed by atoms with Crippen molar-refractivity contribution < 1.29 is 4.74 Å². The maximum absolute atomic E-state index is 5.57. The van der Waals surface area contributed by atoms with Crippen LogP contribution in [0.25, 0.3) is 16.6 Å². The van der Waals surface area contributed by atoms with E-state index in [2.05, 4.69) is 41.1 Å². The number of aromatic nitrogens is 3. The van der Waals surface area contributed by atoms with Crippen molar-refractivity contribution in [2.75, 3.05) is 31.2 Å². The van der Waals surface area contributed by atoms with Crippen molar-refractivity contribution in [2.45, 2.75) is 13.3 Å². The summed E-state index contributed by atoms with van der Waals surface area (Å²) < 4.78 is 7.56. The fourth-order valence-electron chi connectivity index (χ4n) is 3.02. The van der Waals surface area contributed by atoms with Crippen LogP contribution in [0.15, 0.2) is 42.7 Å². The maximum atomic E-state index is 5.57. The predicted molar refractivity (Wildman–Crippen MR) is 91.3 cm³/mol. The lowest BCUT2D eigenvalue weighted by atomic mass is 10.2. The summed E-state index contributed by atoms with van der Waals surface area (Å²) in [6.07, 6.45) is 4.76. The number of pyridine rings is 1. The molecule has 4 rings (SSSR count). The van der Waals surface area contributed by atoms with Crippen molar-refractivity contribution in [1.82, 2.24) is 14.8 Å². The largest absolute Gasteiger partial charge is 0.380 e. The normalized spacial score (nSPS) is 15.8. The van der Waals surface area contributed by atoms with Crippen LogP contribution in [0, 0.1) is 6.92 Å². The van der Waals surface area contributed by atoms with Crippen LogP contribution >= 0.6 is 0 Å². The van der Waals surface area contributed by atoms with Gasteiger partial charge in [0, 0.05) is 31.3 Å². The number of anilines is 1. The highest BCUT2D eigenvalue weighted by Crippen LogP contribution is 2.28. The highest BCUT2D eigenvalue weighted by atomic mass is 16.5. The van der Waals surface area contributed by atoms with E-state index in [1.165, 1.54) is 5.56 Å². The van der Waals surface area contributed by atoms with Gasteiger partial charge in [-0.15, -0.1) is 5.10 Å². The first-order valence-corrected chi connectivity index (χ1v) is 8.05. The molecule has 1 aliphatic heterocycles. The summed E-state index contributed by atoms with van der Waals surface area (Å²) in [5.41, 5.74) is 3.34. The fourth-order valence-corrected chi connectivity index (χ4v) is 3.02. The molecule has 3 heterocycles. The number of fused-ring (bicyclic) bond motifs is 1. The Morgan fingerprint density at radius 3 is 2.78 bits per heavy atom. The van der Waals surface area contributed by atoms with E-state index >= 15 is 0 Å². The molecule has 0 atom stereocenters. The van der Waals surface area contributed by atoms with Gasteiger partial charge in [-0.3, -0.25) is 4.98 Å². The molecule has 0 N–H and O–H groups in total. The van der Waals surface area contributed by atoms with Crippen molar-refractivity contribution in [1.29, 1.82) is 0 Å². The van der Waals surface area contributed by atoms with Gasteiger partial charge in [-0.05, 0) is 31.5 Å². The first-order chi connectivity index (χ1) is 11.3. The number of benzene rings is 1. The van der Waals surface area contributed by atoms with Gasteiger partial charge < -0.3 is 9.64 Å². The van der Waals surface area contributed by atoms with Crippen LogP contribution in [-0.4, -0.2) is 41.1 Å². The lowest BCUT2D eigenvalue weighted by Crippen LogP contribution is -2.26. The van der Waals surface area contributed by atoms with E-state index in [4.69, 9.17) is 9.84 Å². The van der Waals surface area contributed by atoms with E-state index in [-0.39, 0.29) is 0 Å². The number of aryl methyl sites for hydroxylation is 1. The number of ether oxygens (including phenoxy) is 1. The second kappa shape index (κ2) is 6.01. The van der Waals surface area contributed by atoms with E-state index in [1.54, 1.807) is 0 Å². The minimum Gasteiger partial charge on any atom is -0.380 e. The Morgan fingerprint density at radius 2 is 1.91 bits per heavy atom. The molecule has 1 fully saturated rings. The molecule has 118 valence electrons. The van der Waals surface area contributed by atoms with Gasteiger partial charge in [0.15, 0.2) is 5.82 Å². The Morgan fingerprint density at radius 1 is 1.04 bits per heavy atom. The first kappa shape index (κ1) is 14.2. The summed E-state index contributed by atoms with van der Waals surface area (Å²) in [6, 6.07) is 10.5. The Hall–Kier alpha value is -2.40. The smallest absolute Gasteiger partial charge is 0.159 e. The Bertz CT molecular complexity index is 802. The molecule has 0 saturated carbocycles. The van der Waals surface area contributed by atoms with Crippen LogP contribution in [-0.2, 0) is 4.74 Å². The summed E-state index contributed by atoms with van der Waals surface area (Å²) in [5.74, 6) is 1.02. The number of nitrogens with zero attached hydrogens (tertiary/aromatic N) is 4. The highest BCUT2D eigenvalue weighted by Gasteiger charge is 2.18. The van der Waals surface area contributed by atoms with E-state index < -0.39 is 0 Å². The molecule has 0 radical (unpaired) electrons. The molecule has 1 aromatic carbocycles. The van der Waals surface area contributed by atoms with Gasteiger partial charge in [-0.2, -0.15) is 0 Å². The van der Waals surface area contributed by atoms with Crippen LogP contribution in [0.5, 0.6) is 0 Å². The zero-order valence-corrected chi connectivity index (χ0v) is 13.3. The van der Waals surface area contributed by atoms with Crippen molar-refractivity contribution >= 4 is 16.7 Å². The highest BCUT2D eigenvalue weighted by molar-refractivity contribution is 5.91. The molecule has 0 amide bonds. The maximum Gasteiger partial charge on any atom is 0.159 e. The monoisotopic (exact) mass is 308 g/mol. The minimum atomic E-state index is 0.754. The number of hydrogen-bond donors (Lipinski definition) is 0. The van der Waals surface area contributed by atoms with E-state index in [9.17, 15) is 0 Å².